The lowest BCUT2D eigenvalue weighted by molar-refractivity contribution is 0.302. The predicted molar refractivity (Wildman–Crippen MR) is 136 cm³/mol. The monoisotopic (exact) mass is 443 g/mol. The van der Waals surface area contributed by atoms with E-state index >= 15 is 0 Å². The Balaban J connectivity index is 2.12. The van der Waals surface area contributed by atoms with Gasteiger partial charge in [-0.3, -0.25) is 0 Å². The van der Waals surface area contributed by atoms with Crippen LogP contribution in [0.5, 0.6) is 11.5 Å². The molecule has 1 N–H and O–H groups in total. The summed E-state index contributed by atoms with van der Waals surface area (Å²) < 4.78 is 5.87. The van der Waals surface area contributed by atoms with E-state index in [1.54, 1.807) is 6.07 Å². The molecule has 1 aromatic carbocycles. The third-order valence-electron chi connectivity index (χ3n) is 6.38. The summed E-state index contributed by atoms with van der Waals surface area (Å²) >= 11 is 0. The van der Waals surface area contributed by atoms with Gasteiger partial charge in [0.1, 0.15) is 11.5 Å². The zero-order valence-electron chi connectivity index (χ0n) is 21.1. The van der Waals surface area contributed by atoms with Crippen molar-refractivity contribution < 1.29 is 9.84 Å². The van der Waals surface area contributed by atoms with Gasteiger partial charge in [-0.1, -0.05) is 97.3 Å². The highest BCUT2D eigenvalue weighted by Gasteiger charge is 2.09. The first-order valence-corrected chi connectivity index (χ1v) is 13.6. The molecule has 0 spiro atoms. The number of aromatic hydroxyl groups is 1. The maximum Gasteiger partial charge on any atom is 0.126 e. The van der Waals surface area contributed by atoms with Gasteiger partial charge in [0.15, 0.2) is 0 Å². The van der Waals surface area contributed by atoms with E-state index in [2.05, 4.69) is 26.0 Å². The van der Waals surface area contributed by atoms with Crippen molar-refractivity contribution in [3.8, 4) is 17.6 Å². The third kappa shape index (κ3) is 13.7. The molecular formula is C29H49NO2. The Hall–Kier alpha value is -1.69. The van der Waals surface area contributed by atoms with Crippen molar-refractivity contribution >= 4 is 0 Å². The van der Waals surface area contributed by atoms with Crippen molar-refractivity contribution in [1.82, 2.24) is 0 Å². The van der Waals surface area contributed by atoms with E-state index in [-0.39, 0.29) is 0 Å². The standard InChI is InChI=1S/C29H49NO2/c1-3-5-6-7-8-9-10-11-12-13-14-15-16-18-21-27-24-26(4-2)29(25-28(27)31)32-23-20-17-19-22-30/h24-25,31H,3-21,23H2,1-2H3. The van der Waals surface area contributed by atoms with Crippen molar-refractivity contribution in [2.24, 2.45) is 0 Å². The minimum atomic E-state index is 0.365. The van der Waals surface area contributed by atoms with E-state index in [0.717, 1.165) is 43.4 Å². The number of nitrogens with zero attached hydrogens (tertiary/aromatic N) is 1. The summed E-state index contributed by atoms with van der Waals surface area (Å²) in [7, 11) is 0. The van der Waals surface area contributed by atoms with E-state index in [9.17, 15) is 5.11 Å². The molecule has 0 atom stereocenters. The smallest absolute Gasteiger partial charge is 0.126 e. The van der Waals surface area contributed by atoms with Crippen LogP contribution in [0.25, 0.3) is 0 Å². The summed E-state index contributed by atoms with van der Waals surface area (Å²) in [6.07, 6.45) is 23.3. The van der Waals surface area contributed by atoms with Crippen LogP contribution in [-0.4, -0.2) is 11.7 Å². The number of aryl methyl sites for hydroxylation is 2. The molecule has 0 unspecified atom stereocenters. The Kier molecular flexibility index (Phi) is 17.7. The lowest BCUT2D eigenvalue weighted by atomic mass is 10.00. The summed E-state index contributed by atoms with van der Waals surface area (Å²) in [5.74, 6) is 1.16. The van der Waals surface area contributed by atoms with Gasteiger partial charge >= 0.3 is 0 Å². The Labute approximate surface area is 198 Å². The molecule has 0 amide bonds. The number of hydrogen-bond donors (Lipinski definition) is 1. The molecule has 0 aromatic heterocycles. The molecule has 32 heavy (non-hydrogen) atoms. The number of unbranched alkanes of at least 4 members (excludes halogenated alkanes) is 15. The van der Waals surface area contributed by atoms with Crippen LogP contribution in [0.4, 0.5) is 0 Å². The second-order valence-electron chi connectivity index (χ2n) is 9.25. The third-order valence-corrected chi connectivity index (χ3v) is 6.38. The molecule has 0 saturated heterocycles. The highest BCUT2D eigenvalue weighted by Crippen LogP contribution is 2.30. The molecular weight excluding hydrogens is 394 g/mol. The molecule has 0 fully saturated rings. The van der Waals surface area contributed by atoms with Gasteiger partial charge in [0.2, 0.25) is 0 Å². The molecule has 0 bridgehead atoms. The van der Waals surface area contributed by atoms with Gasteiger partial charge < -0.3 is 9.84 Å². The Morgan fingerprint density at radius 3 is 1.81 bits per heavy atom. The van der Waals surface area contributed by atoms with Crippen LogP contribution in [0.15, 0.2) is 12.1 Å². The van der Waals surface area contributed by atoms with Crippen molar-refractivity contribution in [2.45, 2.75) is 136 Å². The largest absolute Gasteiger partial charge is 0.508 e. The van der Waals surface area contributed by atoms with Crippen LogP contribution in [0, 0.1) is 11.3 Å². The molecule has 182 valence electrons. The van der Waals surface area contributed by atoms with Crippen LogP contribution in [0.2, 0.25) is 0 Å². The molecule has 0 heterocycles. The lowest BCUT2D eigenvalue weighted by Gasteiger charge is -2.14. The highest BCUT2D eigenvalue weighted by molar-refractivity contribution is 5.46. The summed E-state index contributed by atoms with van der Waals surface area (Å²) in [4.78, 5) is 0. The summed E-state index contributed by atoms with van der Waals surface area (Å²) in [6, 6.07) is 6.08. The van der Waals surface area contributed by atoms with Gasteiger partial charge in [0.05, 0.1) is 12.7 Å². The average molecular weight is 444 g/mol. The SMILES string of the molecule is CCCCCCCCCCCCCCCCc1cc(CC)c(OCCCCC#N)cc1O. The molecule has 0 saturated carbocycles. The number of phenolic OH excluding ortho intramolecular Hbond substituents is 1. The number of phenols is 1. The van der Waals surface area contributed by atoms with Crippen LogP contribution < -0.4 is 4.74 Å². The summed E-state index contributed by atoms with van der Waals surface area (Å²) in [5, 5.41) is 19.0. The number of ether oxygens (including phenoxy) is 1. The highest BCUT2D eigenvalue weighted by atomic mass is 16.5. The zero-order valence-corrected chi connectivity index (χ0v) is 21.1. The van der Waals surface area contributed by atoms with Crippen LogP contribution in [0.3, 0.4) is 0 Å². The fourth-order valence-corrected chi connectivity index (χ4v) is 4.27. The van der Waals surface area contributed by atoms with Crippen LogP contribution in [0.1, 0.15) is 134 Å². The minimum absolute atomic E-state index is 0.365. The van der Waals surface area contributed by atoms with Gasteiger partial charge in [-0.25, -0.2) is 0 Å². The number of hydrogen-bond acceptors (Lipinski definition) is 3. The van der Waals surface area contributed by atoms with Gasteiger partial charge in [0, 0.05) is 12.5 Å². The van der Waals surface area contributed by atoms with E-state index in [1.807, 2.05) is 0 Å². The minimum Gasteiger partial charge on any atom is -0.508 e. The normalized spacial score (nSPS) is 10.9. The first-order valence-electron chi connectivity index (χ1n) is 13.6. The Morgan fingerprint density at radius 2 is 1.28 bits per heavy atom. The number of rotatable bonds is 21. The van der Waals surface area contributed by atoms with E-state index in [0.29, 0.717) is 18.8 Å². The van der Waals surface area contributed by atoms with Crippen molar-refractivity contribution in [2.75, 3.05) is 6.61 Å². The fraction of sp³-hybridized carbons (Fsp3) is 0.759. The van der Waals surface area contributed by atoms with Gasteiger partial charge in [0.25, 0.3) is 0 Å². The molecule has 3 heteroatoms. The average Bonchev–Trinajstić information content (AvgIpc) is 2.80. The fourth-order valence-electron chi connectivity index (χ4n) is 4.27. The van der Waals surface area contributed by atoms with Crippen molar-refractivity contribution in [1.29, 1.82) is 5.26 Å². The molecule has 0 aliphatic rings. The van der Waals surface area contributed by atoms with E-state index in [4.69, 9.17) is 10.00 Å². The Morgan fingerprint density at radius 1 is 0.719 bits per heavy atom. The second-order valence-corrected chi connectivity index (χ2v) is 9.25. The van der Waals surface area contributed by atoms with Gasteiger partial charge in [-0.15, -0.1) is 0 Å². The molecule has 3 nitrogen and oxygen atoms in total. The molecule has 0 aliphatic heterocycles. The zero-order chi connectivity index (χ0) is 23.3. The van der Waals surface area contributed by atoms with Crippen molar-refractivity contribution in [3.63, 3.8) is 0 Å². The van der Waals surface area contributed by atoms with E-state index in [1.165, 1.54) is 89.0 Å². The predicted octanol–water partition coefficient (Wildman–Crippen LogP) is 9.05. The first kappa shape index (κ1) is 28.3. The number of nitriles is 1. The first-order chi connectivity index (χ1) is 15.7. The van der Waals surface area contributed by atoms with Crippen molar-refractivity contribution in [3.05, 3.63) is 23.3 Å². The molecule has 1 aromatic rings. The number of benzene rings is 1. The molecule has 1 rings (SSSR count). The summed E-state index contributed by atoms with van der Waals surface area (Å²) in [5.41, 5.74) is 2.22. The van der Waals surface area contributed by atoms with E-state index < -0.39 is 0 Å². The molecule has 0 aliphatic carbocycles. The van der Waals surface area contributed by atoms with Gasteiger partial charge in [-0.05, 0) is 49.3 Å². The van der Waals surface area contributed by atoms with Crippen LogP contribution in [-0.2, 0) is 12.8 Å². The Bertz CT molecular complexity index is 620. The quantitative estimate of drug-likeness (QED) is 0.193. The van der Waals surface area contributed by atoms with Crippen LogP contribution >= 0.6 is 0 Å². The second kappa shape index (κ2) is 20.0. The van der Waals surface area contributed by atoms with Gasteiger partial charge in [-0.2, -0.15) is 5.26 Å². The summed E-state index contributed by atoms with van der Waals surface area (Å²) in [6.45, 7) is 5.01. The topological polar surface area (TPSA) is 53.2 Å². The maximum atomic E-state index is 10.4. The molecule has 0 radical (unpaired) electrons. The lowest BCUT2D eigenvalue weighted by Crippen LogP contribution is -2.01. The maximum absolute atomic E-state index is 10.4.